The van der Waals surface area contributed by atoms with E-state index in [0.717, 1.165) is 11.1 Å². The topological polar surface area (TPSA) is 81.7 Å². The average molecular weight is 397 g/mol. The van der Waals surface area contributed by atoms with Gasteiger partial charge in [-0.3, -0.25) is 9.59 Å². The van der Waals surface area contributed by atoms with Crippen molar-refractivity contribution in [1.29, 1.82) is 10.5 Å². The van der Waals surface area contributed by atoms with Gasteiger partial charge in [-0.25, -0.2) is 0 Å². The third-order valence-electron chi connectivity index (χ3n) is 3.30. The van der Waals surface area contributed by atoms with Gasteiger partial charge in [0.1, 0.15) is 0 Å². The number of carbonyl (C=O) groups is 2. The normalized spacial score (nSPS) is 9.20. The van der Waals surface area contributed by atoms with E-state index < -0.39 is 0 Å². The molecular weight excluding hydrogens is 380 g/mol. The molecule has 0 aliphatic carbocycles. The molecule has 25 heavy (non-hydrogen) atoms. The number of halogens is 1. The van der Waals surface area contributed by atoms with Crippen molar-refractivity contribution in [3.63, 3.8) is 0 Å². The highest BCUT2D eigenvalue weighted by Crippen LogP contribution is 2.13. The standard InChI is InChI=1S/C10H8BrNO.C10H9NO/c1-7(13)10-3-8(5-11)2-9(4-10)6-12;1-7-3-9(6-11)5-10(4-7)8(2)12/h2-4H,5H2,1H3;3-5H,1-2H3. The predicted molar refractivity (Wildman–Crippen MR) is 99.7 cm³/mol. The number of rotatable bonds is 3. The number of hydrogen-bond acceptors (Lipinski definition) is 4. The molecule has 5 heteroatoms. The summed E-state index contributed by atoms with van der Waals surface area (Å²) in [5.74, 6) is -0.0190. The van der Waals surface area contributed by atoms with Crippen LogP contribution in [0.1, 0.15) is 56.8 Å². The fourth-order valence-electron chi connectivity index (χ4n) is 2.09. The maximum atomic E-state index is 11.1. The lowest BCUT2D eigenvalue weighted by Gasteiger charge is -2.00. The summed E-state index contributed by atoms with van der Waals surface area (Å²) in [6.45, 7) is 4.86. The first-order chi connectivity index (χ1) is 11.8. The number of hydrogen-bond donors (Lipinski definition) is 0. The van der Waals surface area contributed by atoms with Crippen LogP contribution < -0.4 is 0 Å². The van der Waals surface area contributed by atoms with Crippen LogP contribution in [-0.4, -0.2) is 11.6 Å². The summed E-state index contributed by atoms with van der Waals surface area (Å²) in [5, 5.41) is 17.9. The molecule has 0 saturated carbocycles. The quantitative estimate of drug-likeness (QED) is 0.554. The fourth-order valence-corrected chi connectivity index (χ4v) is 2.41. The summed E-state index contributed by atoms with van der Waals surface area (Å²) in [7, 11) is 0. The van der Waals surface area contributed by atoms with Crippen molar-refractivity contribution >= 4 is 27.5 Å². The molecule has 2 aromatic carbocycles. The largest absolute Gasteiger partial charge is 0.295 e. The smallest absolute Gasteiger partial charge is 0.159 e. The van der Waals surface area contributed by atoms with Crippen molar-refractivity contribution < 1.29 is 9.59 Å². The predicted octanol–water partition coefficient (Wildman–Crippen LogP) is 4.73. The van der Waals surface area contributed by atoms with E-state index in [1.165, 1.54) is 13.8 Å². The third-order valence-corrected chi connectivity index (χ3v) is 3.94. The van der Waals surface area contributed by atoms with Crippen LogP contribution in [0.4, 0.5) is 0 Å². The number of alkyl halides is 1. The number of ketones is 2. The maximum Gasteiger partial charge on any atom is 0.159 e. The van der Waals surface area contributed by atoms with Crippen LogP contribution in [0.2, 0.25) is 0 Å². The Balaban J connectivity index is 0.000000251. The average Bonchev–Trinajstić information content (AvgIpc) is 2.60. The van der Waals surface area contributed by atoms with Crippen LogP contribution in [0.5, 0.6) is 0 Å². The monoisotopic (exact) mass is 396 g/mol. The van der Waals surface area contributed by atoms with Crippen LogP contribution >= 0.6 is 15.9 Å². The summed E-state index contributed by atoms with van der Waals surface area (Å²) in [5.41, 5.74) is 4.16. The lowest BCUT2D eigenvalue weighted by molar-refractivity contribution is 0.100. The number of carbonyl (C=O) groups excluding carboxylic acids is 2. The molecule has 2 rings (SSSR count). The summed E-state index contributed by atoms with van der Waals surface area (Å²) >= 11 is 3.28. The molecule has 0 aliphatic heterocycles. The van der Waals surface area contributed by atoms with Crippen LogP contribution in [0.3, 0.4) is 0 Å². The van der Waals surface area contributed by atoms with Gasteiger partial charge in [0.05, 0.1) is 23.3 Å². The molecule has 0 saturated heterocycles. The zero-order chi connectivity index (χ0) is 19.0. The van der Waals surface area contributed by atoms with E-state index in [1.807, 2.05) is 19.1 Å². The zero-order valence-electron chi connectivity index (χ0n) is 14.3. The Morgan fingerprint density at radius 3 is 1.80 bits per heavy atom. The third kappa shape index (κ3) is 6.33. The second kappa shape index (κ2) is 9.52. The molecule has 0 radical (unpaired) electrons. The Morgan fingerprint density at radius 2 is 1.36 bits per heavy atom. The van der Waals surface area contributed by atoms with E-state index in [1.54, 1.807) is 36.4 Å². The molecule has 0 amide bonds. The maximum absolute atomic E-state index is 11.1. The van der Waals surface area contributed by atoms with Crippen molar-refractivity contribution in [2.24, 2.45) is 0 Å². The van der Waals surface area contributed by atoms with E-state index in [-0.39, 0.29) is 11.6 Å². The molecular formula is C20H17BrN2O2. The molecule has 2 aromatic rings. The van der Waals surface area contributed by atoms with Crippen molar-refractivity contribution in [3.05, 3.63) is 69.8 Å². The molecule has 0 unspecified atom stereocenters. The molecule has 0 aliphatic rings. The number of Topliss-reactive ketones (excluding diaryl/α,β-unsaturated/α-hetero) is 2. The van der Waals surface area contributed by atoms with Crippen LogP contribution in [0.25, 0.3) is 0 Å². The Morgan fingerprint density at radius 1 is 0.880 bits per heavy atom. The van der Waals surface area contributed by atoms with Crippen LogP contribution in [-0.2, 0) is 5.33 Å². The first kappa shape index (κ1) is 20.3. The lowest BCUT2D eigenvalue weighted by Crippen LogP contribution is -1.94. The highest BCUT2D eigenvalue weighted by molar-refractivity contribution is 9.08. The molecule has 0 bridgehead atoms. The van der Waals surface area contributed by atoms with Crippen LogP contribution in [0, 0.1) is 29.6 Å². The Labute approximate surface area is 155 Å². The number of nitrogens with zero attached hydrogens (tertiary/aromatic N) is 2. The van der Waals surface area contributed by atoms with E-state index in [4.69, 9.17) is 10.5 Å². The van der Waals surface area contributed by atoms with Gasteiger partial charge >= 0.3 is 0 Å². The summed E-state index contributed by atoms with van der Waals surface area (Å²) < 4.78 is 0. The number of benzene rings is 2. The van der Waals surface area contributed by atoms with E-state index >= 15 is 0 Å². The lowest BCUT2D eigenvalue weighted by atomic mass is 10.1. The van der Waals surface area contributed by atoms with Gasteiger partial charge in [0.2, 0.25) is 0 Å². The minimum Gasteiger partial charge on any atom is -0.295 e. The highest BCUT2D eigenvalue weighted by atomic mass is 79.9. The molecule has 0 spiro atoms. The fraction of sp³-hybridized carbons (Fsp3) is 0.200. The molecule has 0 N–H and O–H groups in total. The van der Waals surface area contributed by atoms with Crippen molar-refractivity contribution in [1.82, 2.24) is 0 Å². The highest BCUT2D eigenvalue weighted by Gasteiger charge is 2.03. The Bertz CT molecular complexity index is 890. The summed E-state index contributed by atoms with van der Waals surface area (Å²) in [4.78, 5) is 22.0. The van der Waals surface area contributed by atoms with Gasteiger partial charge in [0, 0.05) is 16.5 Å². The van der Waals surface area contributed by atoms with E-state index in [9.17, 15) is 9.59 Å². The van der Waals surface area contributed by atoms with Gasteiger partial charge in [-0.15, -0.1) is 0 Å². The Hall–Kier alpha value is -2.76. The molecule has 0 atom stereocenters. The zero-order valence-corrected chi connectivity index (χ0v) is 15.8. The van der Waals surface area contributed by atoms with Gasteiger partial charge < -0.3 is 0 Å². The van der Waals surface area contributed by atoms with Gasteiger partial charge in [-0.1, -0.05) is 15.9 Å². The second-order valence-electron chi connectivity index (χ2n) is 5.48. The van der Waals surface area contributed by atoms with Gasteiger partial charge in [-0.05, 0) is 68.3 Å². The number of aryl methyl sites for hydroxylation is 1. The van der Waals surface area contributed by atoms with Crippen molar-refractivity contribution in [2.75, 3.05) is 0 Å². The van der Waals surface area contributed by atoms with Crippen molar-refractivity contribution in [3.8, 4) is 12.1 Å². The summed E-state index contributed by atoms with van der Waals surface area (Å²) in [6, 6.07) is 14.3. The molecule has 4 nitrogen and oxygen atoms in total. The van der Waals surface area contributed by atoms with Gasteiger partial charge in [0.25, 0.3) is 0 Å². The minimum atomic E-state index is -0.0145. The molecule has 0 aromatic heterocycles. The van der Waals surface area contributed by atoms with E-state index in [2.05, 4.69) is 15.9 Å². The van der Waals surface area contributed by atoms with Gasteiger partial charge in [-0.2, -0.15) is 10.5 Å². The summed E-state index contributed by atoms with van der Waals surface area (Å²) in [6.07, 6.45) is 0. The molecule has 126 valence electrons. The van der Waals surface area contributed by atoms with E-state index in [0.29, 0.717) is 27.6 Å². The molecule has 0 fully saturated rings. The van der Waals surface area contributed by atoms with Gasteiger partial charge in [0.15, 0.2) is 11.6 Å². The number of nitriles is 2. The van der Waals surface area contributed by atoms with Crippen molar-refractivity contribution in [2.45, 2.75) is 26.1 Å². The Kier molecular flexibility index (Phi) is 7.72. The minimum absolute atomic E-state index is 0.00444. The first-order valence-electron chi connectivity index (χ1n) is 7.44. The molecule has 0 heterocycles. The van der Waals surface area contributed by atoms with Crippen LogP contribution in [0.15, 0.2) is 36.4 Å². The first-order valence-corrected chi connectivity index (χ1v) is 8.56. The second-order valence-corrected chi connectivity index (χ2v) is 6.04. The SMILES string of the molecule is CC(=O)c1cc(C#N)cc(CBr)c1.CC(=O)c1cc(C)cc(C#N)c1.